The molecule has 8 heteroatoms. The number of hydrogen-bond donors (Lipinski definition) is 1. The van der Waals surface area contributed by atoms with E-state index in [1.54, 1.807) is 6.07 Å². The van der Waals surface area contributed by atoms with E-state index < -0.39 is 22.3 Å². The molecule has 1 fully saturated rings. The van der Waals surface area contributed by atoms with Crippen LogP contribution in [0.5, 0.6) is 5.75 Å². The number of alkyl halides is 1. The smallest absolute Gasteiger partial charge is 0.486 e. The molecular formula is C17H18BIO6. The van der Waals surface area contributed by atoms with Crippen LogP contribution in [0.1, 0.15) is 37.1 Å². The summed E-state index contributed by atoms with van der Waals surface area (Å²) in [6.07, 6.45) is 0. The minimum absolute atomic E-state index is 0.103. The summed E-state index contributed by atoms with van der Waals surface area (Å²) in [7, 11) is -0.422. The van der Waals surface area contributed by atoms with Gasteiger partial charge in [0.2, 0.25) is 5.76 Å². The third kappa shape index (κ3) is 3.85. The van der Waals surface area contributed by atoms with Crippen LogP contribution in [-0.2, 0) is 15.9 Å². The second-order valence-electron chi connectivity index (χ2n) is 6.42. The molecule has 1 aromatic heterocycles. The fourth-order valence-corrected chi connectivity index (χ4v) is 2.68. The third-order valence-corrected chi connectivity index (χ3v) is 5.76. The standard InChI is InChI=1S/C17H18BIO6/c1-16(2)17(3,19)25-18(24-16)11-4-6-12(7-5-11)22-10-13-8-9-14(23-13)15(20)21/h4-9H,10H2,1-3H3,(H,20,21). The van der Waals surface area contributed by atoms with Gasteiger partial charge in [-0.15, -0.1) is 0 Å². The first-order valence-electron chi connectivity index (χ1n) is 7.77. The maximum absolute atomic E-state index is 10.8. The monoisotopic (exact) mass is 456 g/mol. The molecule has 1 aromatic carbocycles. The van der Waals surface area contributed by atoms with Crippen LogP contribution in [0, 0.1) is 0 Å². The molecule has 1 aliphatic heterocycles. The summed E-state index contributed by atoms with van der Waals surface area (Å²) in [4.78, 5) is 10.8. The summed E-state index contributed by atoms with van der Waals surface area (Å²) in [5, 5.41) is 8.83. The molecule has 0 saturated carbocycles. The van der Waals surface area contributed by atoms with E-state index >= 15 is 0 Å². The molecule has 1 aliphatic rings. The zero-order valence-corrected chi connectivity index (χ0v) is 16.3. The maximum atomic E-state index is 10.8. The molecule has 6 nitrogen and oxygen atoms in total. The number of carboxylic acid groups (broad SMARTS) is 1. The summed E-state index contributed by atoms with van der Waals surface area (Å²) < 4.78 is 22.4. The number of carboxylic acids is 1. The Morgan fingerprint density at radius 1 is 1.16 bits per heavy atom. The van der Waals surface area contributed by atoms with E-state index in [-0.39, 0.29) is 12.4 Å². The van der Waals surface area contributed by atoms with Gasteiger partial charge in [-0.2, -0.15) is 0 Å². The number of carbonyl (C=O) groups is 1. The van der Waals surface area contributed by atoms with Crippen molar-refractivity contribution in [1.82, 2.24) is 0 Å². The van der Waals surface area contributed by atoms with Crippen molar-refractivity contribution < 1.29 is 28.4 Å². The first-order chi connectivity index (χ1) is 11.7. The number of halogens is 1. The Labute approximate surface area is 159 Å². The Kier molecular flexibility index (Phi) is 4.87. The van der Waals surface area contributed by atoms with Gasteiger partial charge in [-0.3, -0.25) is 0 Å². The zero-order valence-electron chi connectivity index (χ0n) is 14.1. The lowest BCUT2D eigenvalue weighted by Crippen LogP contribution is -2.38. The Balaban J connectivity index is 1.62. The predicted octanol–water partition coefficient (Wildman–Crippen LogP) is 3.23. The maximum Gasteiger partial charge on any atom is 0.495 e. The molecule has 1 atom stereocenters. The zero-order chi connectivity index (χ0) is 18.2. The summed E-state index contributed by atoms with van der Waals surface area (Å²) in [5.41, 5.74) is 0.515. The molecule has 2 heterocycles. The van der Waals surface area contributed by atoms with Crippen LogP contribution in [0.2, 0.25) is 0 Å². The predicted molar refractivity (Wildman–Crippen MR) is 101 cm³/mol. The first kappa shape index (κ1) is 18.3. The molecule has 0 bridgehead atoms. The normalized spacial score (nSPS) is 22.2. The molecule has 0 spiro atoms. The molecule has 0 radical (unpaired) electrons. The number of ether oxygens (including phenoxy) is 1. The van der Waals surface area contributed by atoms with Gasteiger partial charge < -0.3 is 23.6 Å². The quantitative estimate of drug-likeness (QED) is 0.423. The Hall–Kier alpha value is -1.52. The molecule has 25 heavy (non-hydrogen) atoms. The van der Waals surface area contributed by atoms with Gasteiger partial charge in [-0.1, -0.05) is 12.1 Å². The van der Waals surface area contributed by atoms with Gasteiger partial charge in [0, 0.05) is 0 Å². The minimum atomic E-state index is -1.10. The van der Waals surface area contributed by atoms with Crippen molar-refractivity contribution in [2.45, 2.75) is 36.6 Å². The second-order valence-corrected chi connectivity index (χ2v) is 8.48. The molecule has 0 amide bonds. The number of furan rings is 1. The lowest BCUT2D eigenvalue weighted by atomic mass is 9.79. The van der Waals surface area contributed by atoms with Crippen LogP contribution in [-0.4, -0.2) is 27.4 Å². The van der Waals surface area contributed by atoms with Crippen LogP contribution < -0.4 is 10.2 Å². The molecule has 132 valence electrons. The van der Waals surface area contributed by atoms with Crippen LogP contribution in [0.25, 0.3) is 0 Å². The highest BCUT2D eigenvalue weighted by Crippen LogP contribution is 2.42. The van der Waals surface area contributed by atoms with Gasteiger partial charge in [0.25, 0.3) is 0 Å². The highest BCUT2D eigenvalue weighted by atomic mass is 127. The van der Waals surface area contributed by atoms with Crippen molar-refractivity contribution in [2.75, 3.05) is 0 Å². The van der Waals surface area contributed by atoms with Crippen molar-refractivity contribution in [3.63, 3.8) is 0 Å². The Bertz CT molecular complexity index is 752. The van der Waals surface area contributed by atoms with E-state index in [4.69, 9.17) is 23.6 Å². The minimum Gasteiger partial charge on any atom is -0.486 e. The van der Waals surface area contributed by atoms with Crippen molar-refractivity contribution in [3.05, 3.63) is 47.9 Å². The van der Waals surface area contributed by atoms with Gasteiger partial charge in [0.05, 0.1) is 5.60 Å². The molecule has 1 N–H and O–H groups in total. The average molecular weight is 456 g/mol. The Morgan fingerprint density at radius 3 is 2.36 bits per heavy atom. The van der Waals surface area contributed by atoms with E-state index in [0.717, 1.165) is 5.46 Å². The van der Waals surface area contributed by atoms with Gasteiger partial charge in [-0.05, 0) is 73.1 Å². The highest BCUT2D eigenvalue weighted by Gasteiger charge is 2.53. The lowest BCUT2D eigenvalue weighted by Gasteiger charge is -2.30. The van der Waals surface area contributed by atoms with Crippen molar-refractivity contribution in [2.24, 2.45) is 0 Å². The summed E-state index contributed by atoms with van der Waals surface area (Å²) >= 11 is 2.26. The largest absolute Gasteiger partial charge is 0.495 e. The van der Waals surface area contributed by atoms with E-state index in [1.807, 2.05) is 45.0 Å². The van der Waals surface area contributed by atoms with Crippen molar-refractivity contribution in [1.29, 1.82) is 0 Å². The van der Waals surface area contributed by atoms with E-state index in [9.17, 15) is 4.79 Å². The number of benzene rings is 1. The molecule has 2 aromatic rings. The topological polar surface area (TPSA) is 78.1 Å². The summed E-state index contributed by atoms with van der Waals surface area (Å²) in [6.45, 7) is 6.17. The van der Waals surface area contributed by atoms with Crippen LogP contribution in [0.4, 0.5) is 0 Å². The number of rotatable bonds is 5. The van der Waals surface area contributed by atoms with Crippen LogP contribution in [0.15, 0.2) is 40.8 Å². The lowest BCUT2D eigenvalue weighted by molar-refractivity contribution is 0.0658. The number of hydrogen-bond acceptors (Lipinski definition) is 5. The fraction of sp³-hybridized carbons (Fsp3) is 0.353. The fourth-order valence-electron chi connectivity index (χ4n) is 2.32. The second kappa shape index (κ2) is 6.66. The highest BCUT2D eigenvalue weighted by molar-refractivity contribution is 14.1. The van der Waals surface area contributed by atoms with E-state index in [1.165, 1.54) is 6.07 Å². The van der Waals surface area contributed by atoms with Gasteiger partial charge in [0.1, 0.15) is 21.7 Å². The first-order valence-corrected chi connectivity index (χ1v) is 8.85. The average Bonchev–Trinajstić information content (AvgIpc) is 3.09. The van der Waals surface area contributed by atoms with Crippen LogP contribution in [0.3, 0.4) is 0 Å². The summed E-state index contributed by atoms with van der Waals surface area (Å²) in [6, 6.07) is 10.4. The Morgan fingerprint density at radius 2 is 1.84 bits per heavy atom. The van der Waals surface area contributed by atoms with Crippen LogP contribution >= 0.6 is 22.6 Å². The molecular weight excluding hydrogens is 438 g/mol. The molecule has 0 aliphatic carbocycles. The molecule has 1 saturated heterocycles. The van der Waals surface area contributed by atoms with E-state index in [0.29, 0.717) is 11.5 Å². The van der Waals surface area contributed by atoms with Crippen molar-refractivity contribution in [3.8, 4) is 5.75 Å². The summed E-state index contributed by atoms with van der Waals surface area (Å²) in [5.74, 6) is -0.107. The third-order valence-electron chi connectivity index (χ3n) is 4.21. The van der Waals surface area contributed by atoms with Gasteiger partial charge >= 0.3 is 13.1 Å². The SMILES string of the molecule is CC1(C)OB(c2ccc(OCc3ccc(C(=O)O)o3)cc2)OC1(C)I. The van der Waals surface area contributed by atoms with Gasteiger partial charge in [-0.25, -0.2) is 4.79 Å². The number of aromatic carboxylic acids is 1. The van der Waals surface area contributed by atoms with E-state index in [2.05, 4.69) is 22.6 Å². The molecule has 1 unspecified atom stereocenters. The molecule has 3 rings (SSSR count). The van der Waals surface area contributed by atoms with Gasteiger partial charge in [0.15, 0.2) is 0 Å². The van der Waals surface area contributed by atoms with Crippen molar-refractivity contribution >= 4 is 41.1 Å².